The first-order valence-corrected chi connectivity index (χ1v) is 10.5. The van der Waals surface area contributed by atoms with Crippen molar-refractivity contribution in [3.63, 3.8) is 0 Å². The number of carbonyl (C=O) groups is 2. The van der Waals surface area contributed by atoms with Crippen molar-refractivity contribution in [3.05, 3.63) is 77.3 Å². The highest BCUT2D eigenvalue weighted by molar-refractivity contribution is 6.51. The lowest BCUT2D eigenvalue weighted by molar-refractivity contribution is -0.132. The van der Waals surface area contributed by atoms with E-state index in [4.69, 9.17) is 13.9 Å². The minimum atomic E-state index is -1.05. The average Bonchev–Trinajstić information content (AvgIpc) is 3.56. The number of furan rings is 1. The van der Waals surface area contributed by atoms with E-state index >= 15 is 0 Å². The predicted molar refractivity (Wildman–Crippen MR) is 124 cm³/mol. The van der Waals surface area contributed by atoms with Gasteiger partial charge < -0.3 is 24.0 Å². The molecule has 3 heterocycles. The van der Waals surface area contributed by atoms with E-state index < -0.39 is 23.5 Å². The number of Topliss-reactive ketones (excluding diaryl/α,β-unsaturated/α-hetero) is 1. The number of aromatic nitrogens is 2. The summed E-state index contributed by atoms with van der Waals surface area (Å²) in [5.41, 5.74) is 2.41. The zero-order valence-electron chi connectivity index (χ0n) is 18.7. The van der Waals surface area contributed by atoms with Crippen LogP contribution < -0.4 is 14.4 Å². The van der Waals surface area contributed by atoms with Crippen LogP contribution in [0, 0.1) is 6.92 Å². The fourth-order valence-corrected chi connectivity index (χ4v) is 4.14. The number of carbonyl (C=O) groups excluding carboxylic acids is 2. The zero-order chi connectivity index (χ0) is 24.0. The van der Waals surface area contributed by atoms with Crippen molar-refractivity contribution in [2.75, 3.05) is 19.1 Å². The Hall–Kier alpha value is -4.53. The van der Waals surface area contributed by atoms with Gasteiger partial charge in [0.05, 0.1) is 42.7 Å². The molecule has 0 aliphatic carbocycles. The fourth-order valence-electron chi connectivity index (χ4n) is 4.14. The highest BCUT2D eigenvalue weighted by atomic mass is 16.5. The molecule has 0 saturated carbocycles. The highest BCUT2D eigenvalue weighted by Crippen LogP contribution is 2.43. The van der Waals surface area contributed by atoms with Gasteiger partial charge in [-0.25, -0.2) is 4.98 Å². The minimum Gasteiger partial charge on any atom is -0.507 e. The first kappa shape index (κ1) is 21.3. The number of aromatic amines is 1. The molecule has 1 amide bonds. The maximum absolute atomic E-state index is 13.3. The number of nitrogens with one attached hydrogen (secondary N) is 1. The highest BCUT2D eigenvalue weighted by Gasteiger charge is 2.49. The van der Waals surface area contributed by atoms with Crippen molar-refractivity contribution in [3.8, 4) is 11.5 Å². The summed E-state index contributed by atoms with van der Waals surface area (Å²) < 4.78 is 16.2. The van der Waals surface area contributed by atoms with Crippen molar-refractivity contribution in [1.29, 1.82) is 0 Å². The molecule has 4 aromatic rings. The van der Waals surface area contributed by atoms with E-state index in [-0.39, 0.29) is 17.1 Å². The van der Waals surface area contributed by atoms with Crippen LogP contribution >= 0.6 is 0 Å². The maximum atomic E-state index is 13.3. The van der Waals surface area contributed by atoms with Crippen molar-refractivity contribution in [2.45, 2.75) is 13.0 Å². The molecule has 2 N–H and O–H groups in total. The molecule has 0 spiro atoms. The van der Waals surface area contributed by atoms with Gasteiger partial charge in [-0.3, -0.25) is 14.5 Å². The SMILES string of the molecule is COc1ccc(OC)c(/C(O)=C2\C(=O)C(=O)N(c3nc4ccc(C)cc4[nH]3)C2c2ccco2)c1. The number of ketones is 1. The largest absolute Gasteiger partial charge is 0.507 e. The standard InChI is InChI=1S/C25H21N3O6/c1-13-6-8-16-17(11-13)27-25(26-16)28-21(19-5-4-10-34-19)20(23(30)24(28)31)22(29)15-12-14(32-2)7-9-18(15)33-3/h4-12,21,29H,1-3H3,(H,26,27)/b22-20+. The summed E-state index contributed by atoms with van der Waals surface area (Å²) in [6.07, 6.45) is 1.43. The van der Waals surface area contributed by atoms with Gasteiger partial charge in [-0.05, 0) is 55.0 Å². The summed E-state index contributed by atoms with van der Waals surface area (Å²) in [6, 6.07) is 12.6. The number of amides is 1. The molecule has 1 atom stereocenters. The van der Waals surface area contributed by atoms with E-state index in [0.29, 0.717) is 28.3 Å². The number of anilines is 1. The molecule has 5 rings (SSSR count). The fraction of sp³-hybridized carbons (Fsp3) is 0.160. The average molecular weight is 459 g/mol. The number of aliphatic hydroxyl groups is 1. The monoisotopic (exact) mass is 459 g/mol. The number of hydrogen-bond acceptors (Lipinski definition) is 7. The van der Waals surface area contributed by atoms with Crippen LogP contribution in [0.2, 0.25) is 0 Å². The minimum absolute atomic E-state index is 0.150. The Balaban J connectivity index is 1.73. The lowest BCUT2D eigenvalue weighted by atomic mass is 9.98. The van der Waals surface area contributed by atoms with E-state index in [2.05, 4.69) is 9.97 Å². The van der Waals surface area contributed by atoms with Crippen LogP contribution in [0.3, 0.4) is 0 Å². The first-order chi connectivity index (χ1) is 16.4. The van der Waals surface area contributed by atoms with Crippen molar-refractivity contribution in [1.82, 2.24) is 9.97 Å². The quantitative estimate of drug-likeness (QED) is 0.262. The van der Waals surface area contributed by atoms with E-state index in [1.165, 1.54) is 31.4 Å². The van der Waals surface area contributed by atoms with Crippen molar-refractivity contribution < 1.29 is 28.6 Å². The Labute approximate surface area is 194 Å². The topological polar surface area (TPSA) is 118 Å². The summed E-state index contributed by atoms with van der Waals surface area (Å²) >= 11 is 0. The number of rotatable bonds is 5. The predicted octanol–water partition coefficient (Wildman–Crippen LogP) is 4.11. The molecule has 9 nitrogen and oxygen atoms in total. The van der Waals surface area contributed by atoms with Gasteiger partial charge in [-0.15, -0.1) is 0 Å². The third-order valence-electron chi connectivity index (χ3n) is 5.77. The molecule has 1 fully saturated rings. The number of imidazole rings is 1. The van der Waals surface area contributed by atoms with Gasteiger partial charge in [-0.1, -0.05) is 6.07 Å². The number of fused-ring (bicyclic) bond motifs is 1. The van der Waals surface area contributed by atoms with Crippen LogP contribution in [0.1, 0.15) is 22.9 Å². The van der Waals surface area contributed by atoms with E-state index in [0.717, 1.165) is 5.56 Å². The van der Waals surface area contributed by atoms with E-state index in [1.54, 1.807) is 24.3 Å². The number of benzene rings is 2. The smallest absolute Gasteiger partial charge is 0.302 e. The van der Waals surface area contributed by atoms with Gasteiger partial charge in [0.25, 0.3) is 5.78 Å². The third kappa shape index (κ3) is 3.29. The van der Waals surface area contributed by atoms with Crippen molar-refractivity contribution >= 4 is 34.4 Å². The number of methoxy groups -OCH3 is 2. The summed E-state index contributed by atoms with van der Waals surface area (Å²) in [5.74, 6) is -0.924. The molecule has 1 aliphatic rings. The van der Waals surface area contributed by atoms with Crippen LogP contribution in [-0.4, -0.2) is 41.0 Å². The third-order valence-corrected chi connectivity index (χ3v) is 5.77. The second-order valence-electron chi connectivity index (χ2n) is 7.83. The van der Waals surface area contributed by atoms with Crippen LogP contribution in [-0.2, 0) is 9.59 Å². The Kier molecular flexibility index (Phi) is 5.09. The van der Waals surface area contributed by atoms with Gasteiger partial charge in [0.15, 0.2) is 0 Å². The Morgan fingerprint density at radius 1 is 1.12 bits per heavy atom. The van der Waals surface area contributed by atoms with Crippen LogP contribution in [0.5, 0.6) is 11.5 Å². The Bertz CT molecular complexity index is 1450. The molecule has 1 aliphatic heterocycles. The molecule has 1 unspecified atom stereocenters. The number of aryl methyl sites for hydroxylation is 1. The van der Waals surface area contributed by atoms with E-state index in [1.807, 2.05) is 25.1 Å². The van der Waals surface area contributed by atoms with Gasteiger partial charge >= 0.3 is 5.91 Å². The molecule has 0 radical (unpaired) electrons. The molecular formula is C25H21N3O6. The molecular weight excluding hydrogens is 438 g/mol. The summed E-state index contributed by atoms with van der Waals surface area (Å²) in [5, 5.41) is 11.3. The van der Waals surface area contributed by atoms with E-state index in [9.17, 15) is 14.7 Å². The number of aliphatic hydroxyl groups excluding tert-OH is 1. The molecule has 2 aromatic carbocycles. The number of H-pyrrole nitrogens is 1. The maximum Gasteiger partial charge on any atom is 0.302 e. The molecule has 34 heavy (non-hydrogen) atoms. The van der Waals surface area contributed by atoms with Crippen LogP contribution in [0.4, 0.5) is 5.95 Å². The van der Waals surface area contributed by atoms with Crippen LogP contribution in [0.25, 0.3) is 16.8 Å². The second-order valence-corrected chi connectivity index (χ2v) is 7.83. The molecule has 2 aromatic heterocycles. The number of nitrogens with zero attached hydrogens (tertiary/aromatic N) is 2. The summed E-state index contributed by atoms with van der Waals surface area (Å²) in [6.45, 7) is 1.94. The molecule has 9 heteroatoms. The molecule has 172 valence electrons. The Morgan fingerprint density at radius 2 is 1.94 bits per heavy atom. The van der Waals surface area contributed by atoms with Gasteiger partial charge in [0, 0.05) is 0 Å². The van der Waals surface area contributed by atoms with Crippen LogP contribution in [0.15, 0.2) is 64.8 Å². The lowest BCUT2D eigenvalue weighted by Crippen LogP contribution is -2.30. The summed E-state index contributed by atoms with van der Waals surface area (Å²) in [4.78, 5) is 35.4. The first-order valence-electron chi connectivity index (χ1n) is 10.5. The normalized spacial score (nSPS) is 17.5. The molecule has 1 saturated heterocycles. The molecule has 0 bridgehead atoms. The van der Waals surface area contributed by atoms with Gasteiger partial charge in [0.1, 0.15) is 29.1 Å². The summed E-state index contributed by atoms with van der Waals surface area (Å²) in [7, 11) is 2.92. The second kappa shape index (κ2) is 8.11. The van der Waals surface area contributed by atoms with Gasteiger partial charge in [0.2, 0.25) is 5.95 Å². The lowest BCUT2D eigenvalue weighted by Gasteiger charge is -2.21. The van der Waals surface area contributed by atoms with Gasteiger partial charge in [-0.2, -0.15) is 0 Å². The van der Waals surface area contributed by atoms with Crippen molar-refractivity contribution in [2.24, 2.45) is 0 Å². The zero-order valence-corrected chi connectivity index (χ0v) is 18.7. The number of hydrogen-bond donors (Lipinski definition) is 2. The number of ether oxygens (including phenoxy) is 2. The Morgan fingerprint density at radius 3 is 2.65 bits per heavy atom.